The summed E-state index contributed by atoms with van der Waals surface area (Å²) in [7, 11) is 0. The van der Waals surface area contributed by atoms with Crippen LogP contribution in [0.5, 0.6) is 0 Å². The molecule has 0 aliphatic heterocycles. The molecule has 1 unspecified atom stereocenters. The highest BCUT2D eigenvalue weighted by atomic mass is 16.8. The molecular weight excluding hydrogens is 260 g/mol. The Morgan fingerprint density at radius 1 is 0.900 bits per heavy atom. The van der Waals surface area contributed by atoms with Gasteiger partial charge in [-0.05, 0) is 40.0 Å². The van der Waals surface area contributed by atoms with Crippen LogP contribution in [-0.4, -0.2) is 49.7 Å². The molecule has 0 amide bonds. The molecule has 1 atom stereocenters. The summed E-state index contributed by atoms with van der Waals surface area (Å²) < 4.78 is 22.5. The number of aliphatic hydroxyl groups excluding tert-OH is 1. The molecule has 0 aliphatic rings. The summed E-state index contributed by atoms with van der Waals surface area (Å²) in [5.41, 5.74) is 0. The zero-order valence-corrected chi connectivity index (χ0v) is 13.3. The second-order valence-electron chi connectivity index (χ2n) is 3.97. The third-order valence-corrected chi connectivity index (χ3v) is 2.46. The van der Waals surface area contributed by atoms with Crippen molar-refractivity contribution in [1.82, 2.24) is 0 Å². The van der Waals surface area contributed by atoms with E-state index >= 15 is 0 Å². The summed E-state index contributed by atoms with van der Waals surface area (Å²) in [6.45, 7) is 11.0. The van der Waals surface area contributed by atoms with Crippen molar-refractivity contribution in [3.05, 3.63) is 0 Å². The molecule has 0 saturated heterocycles. The Hall–Kier alpha value is -0.640. The molecule has 0 saturated carbocycles. The van der Waals surface area contributed by atoms with E-state index in [1.807, 2.05) is 34.6 Å². The minimum absolute atomic E-state index is 0.396. The van der Waals surface area contributed by atoms with Crippen LogP contribution in [0.25, 0.3) is 0 Å². The highest BCUT2D eigenvalue weighted by Gasteiger charge is 2.41. The summed E-state index contributed by atoms with van der Waals surface area (Å²) in [5, 5.41) is 9.63. The van der Waals surface area contributed by atoms with E-state index < -0.39 is 18.2 Å². The average Bonchev–Trinajstić information content (AvgIpc) is 2.44. The van der Waals surface area contributed by atoms with E-state index in [9.17, 15) is 5.11 Å². The van der Waals surface area contributed by atoms with Crippen LogP contribution in [0.2, 0.25) is 0 Å². The lowest BCUT2D eigenvalue weighted by molar-refractivity contribution is -0.321. The van der Waals surface area contributed by atoms with Crippen LogP contribution in [0.1, 0.15) is 41.0 Å². The number of hydrogen-bond donors (Lipinski definition) is 1. The lowest BCUT2D eigenvalue weighted by Gasteiger charge is -2.34. The second kappa shape index (κ2) is 11.1. The molecule has 5 nitrogen and oxygen atoms in total. The van der Waals surface area contributed by atoms with Gasteiger partial charge in [0.2, 0.25) is 6.29 Å². The lowest BCUT2D eigenvalue weighted by Crippen LogP contribution is -2.49. The summed E-state index contributed by atoms with van der Waals surface area (Å²) in [4.78, 5) is 0. The summed E-state index contributed by atoms with van der Waals surface area (Å²) in [6.07, 6.45) is -0.942. The normalized spacial score (nSPS) is 13.2. The largest absolute Gasteiger partial charge is 0.380 e. The van der Waals surface area contributed by atoms with Crippen molar-refractivity contribution in [1.29, 1.82) is 0 Å². The topological polar surface area (TPSA) is 57.2 Å². The Balaban J connectivity index is 5.37. The maximum Gasteiger partial charge on any atom is 0.286 e. The zero-order chi connectivity index (χ0) is 15.4. The van der Waals surface area contributed by atoms with Crippen LogP contribution < -0.4 is 0 Å². The predicted molar refractivity (Wildman–Crippen MR) is 77.1 cm³/mol. The highest BCUT2D eigenvalue weighted by Crippen LogP contribution is 2.22. The SMILES string of the molecule is CCOC(OCC)C(C#CC(O)CC)(OCC)OCC. The number of rotatable bonds is 10. The van der Waals surface area contributed by atoms with E-state index in [0.29, 0.717) is 32.8 Å². The fourth-order valence-electron chi connectivity index (χ4n) is 1.59. The minimum Gasteiger partial charge on any atom is -0.380 e. The first-order chi connectivity index (χ1) is 9.60. The maximum absolute atomic E-state index is 9.63. The highest BCUT2D eigenvalue weighted by molar-refractivity contribution is 5.15. The Kier molecular flexibility index (Phi) is 10.7. The monoisotopic (exact) mass is 288 g/mol. The number of hydrogen-bond acceptors (Lipinski definition) is 5. The number of ether oxygens (including phenoxy) is 4. The van der Waals surface area contributed by atoms with Crippen molar-refractivity contribution in [2.45, 2.75) is 59.2 Å². The minimum atomic E-state index is -1.31. The summed E-state index contributed by atoms with van der Waals surface area (Å²) in [5.74, 6) is 4.28. The van der Waals surface area contributed by atoms with Gasteiger partial charge >= 0.3 is 0 Å². The molecule has 0 heterocycles. The molecule has 0 rings (SSSR count). The average molecular weight is 288 g/mol. The number of aliphatic hydroxyl groups is 1. The van der Waals surface area contributed by atoms with Gasteiger partial charge in [-0.3, -0.25) is 0 Å². The maximum atomic E-state index is 9.63. The standard InChI is InChI=1S/C15H28O5/c1-6-13(16)11-12-15(19-9-4,20-10-5)14(17-7-2)18-8-3/h13-14,16H,6-10H2,1-5H3. The molecule has 20 heavy (non-hydrogen) atoms. The molecule has 1 N–H and O–H groups in total. The molecule has 0 bridgehead atoms. The van der Waals surface area contributed by atoms with Gasteiger partial charge in [0.15, 0.2) is 0 Å². The third kappa shape index (κ3) is 6.21. The van der Waals surface area contributed by atoms with Crippen molar-refractivity contribution in [3.8, 4) is 11.8 Å². The van der Waals surface area contributed by atoms with E-state index in [2.05, 4.69) is 11.8 Å². The molecule has 0 spiro atoms. The third-order valence-electron chi connectivity index (χ3n) is 2.46. The van der Waals surface area contributed by atoms with E-state index in [0.717, 1.165) is 0 Å². The van der Waals surface area contributed by atoms with Crippen LogP contribution in [0.15, 0.2) is 0 Å². The van der Waals surface area contributed by atoms with E-state index in [1.54, 1.807) is 0 Å². The van der Waals surface area contributed by atoms with Crippen molar-refractivity contribution in [2.75, 3.05) is 26.4 Å². The molecule has 0 aromatic heterocycles. The van der Waals surface area contributed by atoms with Crippen molar-refractivity contribution in [2.24, 2.45) is 0 Å². The smallest absolute Gasteiger partial charge is 0.286 e. The van der Waals surface area contributed by atoms with Crippen LogP contribution in [0, 0.1) is 11.8 Å². The molecule has 118 valence electrons. The Bertz CT molecular complexity index is 282. The molecule has 5 heteroatoms. The molecule has 0 aliphatic carbocycles. The van der Waals surface area contributed by atoms with Gasteiger partial charge in [0.1, 0.15) is 6.10 Å². The molecule has 0 radical (unpaired) electrons. The molecule has 0 aromatic rings. The van der Waals surface area contributed by atoms with Crippen molar-refractivity contribution < 1.29 is 24.1 Å². The molecule has 0 fully saturated rings. The zero-order valence-electron chi connectivity index (χ0n) is 13.3. The second-order valence-corrected chi connectivity index (χ2v) is 3.97. The predicted octanol–water partition coefficient (Wildman–Crippen LogP) is 1.93. The summed E-state index contributed by atoms with van der Waals surface area (Å²) in [6, 6.07) is 0. The lowest BCUT2D eigenvalue weighted by atomic mass is 10.2. The van der Waals surface area contributed by atoms with Gasteiger partial charge in [0, 0.05) is 26.4 Å². The quantitative estimate of drug-likeness (QED) is 0.492. The van der Waals surface area contributed by atoms with E-state index in [-0.39, 0.29) is 0 Å². The summed E-state index contributed by atoms with van der Waals surface area (Å²) >= 11 is 0. The Morgan fingerprint density at radius 3 is 1.75 bits per heavy atom. The van der Waals surface area contributed by atoms with E-state index in [4.69, 9.17) is 18.9 Å². The van der Waals surface area contributed by atoms with Crippen molar-refractivity contribution in [3.63, 3.8) is 0 Å². The first kappa shape index (κ1) is 19.4. The van der Waals surface area contributed by atoms with Crippen molar-refractivity contribution >= 4 is 0 Å². The van der Waals surface area contributed by atoms with Gasteiger partial charge in [0.25, 0.3) is 5.79 Å². The fraction of sp³-hybridized carbons (Fsp3) is 0.867. The Labute approximate surface area is 122 Å². The van der Waals surface area contributed by atoms with Gasteiger partial charge in [-0.25, -0.2) is 0 Å². The van der Waals surface area contributed by atoms with Gasteiger partial charge in [-0.15, -0.1) is 0 Å². The first-order valence-corrected chi connectivity index (χ1v) is 7.31. The van der Waals surface area contributed by atoms with Crippen LogP contribution >= 0.6 is 0 Å². The molecular formula is C15H28O5. The fourth-order valence-corrected chi connectivity index (χ4v) is 1.59. The Morgan fingerprint density at radius 2 is 1.40 bits per heavy atom. The van der Waals surface area contributed by atoms with Crippen LogP contribution in [0.4, 0.5) is 0 Å². The van der Waals surface area contributed by atoms with Gasteiger partial charge in [0.05, 0.1) is 0 Å². The first-order valence-electron chi connectivity index (χ1n) is 7.31. The molecule has 0 aromatic carbocycles. The van der Waals surface area contributed by atoms with Gasteiger partial charge in [-0.1, -0.05) is 12.8 Å². The van der Waals surface area contributed by atoms with Gasteiger partial charge in [-0.2, -0.15) is 0 Å². The van der Waals surface area contributed by atoms with Crippen LogP contribution in [-0.2, 0) is 18.9 Å². The van der Waals surface area contributed by atoms with Gasteiger partial charge < -0.3 is 24.1 Å². The van der Waals surface area contributed by atoms with Crippen LogP contribution in [0.3, 0.4) is 0 Å². The van der Waals surface area contributed by atoms with E-state index in [1.165, 1.54) is 0 Å².